The van der Waals surface area contributed by atoms with Gasteiger partial charge in [-0.15, -0.1) is 0 Å². The monoisotopic (exact) mass is 295 g/mol. The second-order valence-electron chi connectivity index (χ2n) is 5.08. The van der Waals surface area contributed by atoms with E-state index in [1.807, 2.05) is 31.2 Å². The molecular formula is C17H17N3O2. The molecule has 0 spiro atoms. The topological polar surface area (TPSA) is 73.2 Å². The Morgan fingerprint density at radius 2 is 2.05 bits per heavy atom. The first-order valence-corrected chi connectivity index (χ1v) is 6.97. The maximum absolute atomic E-state index is 12.3. The number of hydrogen-bond acceptors (Lipinski definition) is 3. The van der Waals surface area contributed by atoms with Crippen LogP contribution in [0.4, 0.5) is 5.69 Å². The molecule has 1 aliphatic heterocycles. The van der Waals surface area contributed by atoms with Gasteiger partial charge in [0.1, 0.15) is 0 Å². The highest BCUT2D eigenvalue weighted by molar-refractivity contribution is 6.05. The second-order valence-corrected chi connectivity index (χ2v) is 5.08. The summed E-state index contributed by atoms with van der Waals surface area (Å²) < 4.78 is 0. The van der Waals surface area contributed by atoms with Crippen LogP contribution in [-0.2, 0) is 9.59 Å². The number of nitrogens with zero attached hydrogens (tertiary/aromatic N) is 2. The Bertz CT molecular complexity index is 694. The molecule has 2 amide bonds. The number of rotatable bonds is 4. The van der Waals surface area contributed by atoms with Gasteiger partial charge in [-0.3, -0.25) is 9.59 Å². The van der Waals surface area contributed by atoms with Crippen LogP contribution in [0, 0.1) is 11.3 Å². The Kier molecular flexibility index (Phi) is 4.74. The number of carbonyl (C=O) groups is 2. The van der Waals surface area contributed by atoms with Gasteiger partial charge in [0.15, 0.2) is 0 Å². The van der Waals surface area contributed by atoms with E-state index < -0.39 is 0 Å². The molecule has 22 heavy (non-hydrogen) atoms. The van der Waals surface area contributed by atoms with Crippen LogP contribution in [0.1, 0.15) is 25.8 Å². The van der Waals surface area contributed by atoms with E-state index in [1.165, 1.54) is 6.92 Å². The Hall–Kier alpha value is -2.87. The molecule has 0 aliphatic carbocycles. The quantitative estimate of drug-likeness (QED) is 0.868. The molecule has 0 saturated heterocycles. The van der Waals surface area contributed by atoms with Crippen molar-refractivity contribution in [2.24, 2.45) is 0 Å². The molecule has 1 N–H and O–H groups in total. The number of nitriles is 1. The standard InChI is InChI=1S/C17H17N3O2/c1-12-11-20(9-3-8-18)17(22)16(12)10-14-4-6-15(7-5-14)19-13(2)21/h4-7,10-11H,3,9H2,1-2H3,(H,19,21)/b16-10+. The van der Waals surface area contributed by atoms with Gasteiger partial charge in [-0.25, -0.2) is 0 Å². The largest absolute Gasteiger partial charge is 0.326 e. The smallest absolute Gasteiger partial charge is 0.258 e. The Morgan fingerprint density at radius 3 is 2.64 bits per heavy atom. The van der Waals surface area contributed by atoms with E-state index in [0.29, 0.717) is 18.5 Å². The van der Waals surface area contributed by atoms with Crippen LogP contribution in [0.15, 0.2) is 41.6 Å². The van der Waals surface area contributed by atoms with E-state index in [4.69, 9.17) is 5.26 Å². The molecule has 2 rings (SSSR count). The van der Waals surface area contributed by atoms with Crippen molar-refractivity contribution in [1.29, 1.82) is 5.26 Å². The first-order valence-electron chi connectivity index (χ1n) is 6.97. The highest BCUT2D eigenvalue weighted by Crippen LogP contribution is 2.25. The summed E-state index contributed by atoms with van der Waals surface area (Å²) in [6, 6.07) is 9.31. The van der Waals surface area contributed by atoms with Crippen LogP contribution in [0.25, 0.3) is 6.08 Å². The third kappa shape index (κ3) is 3.61. The normalized spacial score (nSPS) is 15.7. The molecule has 1 aromatic rings. The van der Waals surface area contributed by atoms with Crippen molar-refractivity contribution < 1.29 is 9.59 Å². The summed E-state index contributed by atoms with van der Waals surface area (Å²) >= 11 is 0. The number of benzene rings is 1. The van der Waals surface area contributed by atoms with E-state index in [0.717, 1.165) is 16.8 Å². The minimum absolute atomic E-state index is 0.0845. The van der Waals surface area contributed by atoms with Gasteiger partial charge in [-0.05, 0) is 36.3 Å². The average Bonchev–Trinajstić information content (AvgIpc) is 2.74. The van der Waals surface area contributed by atoms with Gasteiger partial charge in [-0.2, -0.15) is 5.26 Å². The van der Waals surface area contributed by atoms with Crippen molar-refractivity contribution >= 4 is 23.6 Å². The van der Waals surface area contributed by atoms with Gasteiger partial charge in [0.05, 0.1) is 12.5 Å². The summed E-state index contributed by atoms with van der Waals surface area (Å²) in [6.07, 6.45) is 3.91. The van der Waals surface area contributed by atoms with Crippen LogP contribution in [0.5, 0.6) is 0 Å². The van der Waals surface area contributed by atoms with Gasteiger partial charge < -0.3 is 10.2 Å². The third-order valence-corrected chi connectivity index (χ3v) is 3.27. The molecule has 1 heterocycles. The maximum atomic E-state index is 12.3. The predicted octanol–water partition coefficient (Wildman–Crippen LogP) is 2.69. The van der Waals surface area contributed by atoms with Crippen molar-refractivity contribution in [3.05, 3.63) is 47.2 Å². The van der Waals surface area contributed by atoms with Crippen LogP contribution in [0.2, 0.25) is 0 Å². The summed E-state index contributed by atoms with van der Waals surface area (Å²) in [5.74, 6) is -0.206. The minimum Gasteiger partial charge on any atom is -0.326 e. The van der Waals surface area contributed by atoms with Gasteiger partial charge in [-0.1, -0.05) is 12.1 Å². The van der Waals surface area contributed by atoms with Gasteiger partial charge in [0.2, 0.25) is 5.91 Å². The number of anilines is 1. The SMILES string of the molecule is CC(=O)Nc1ccc(/C=C2/C(=O)N(CCC#N)C=C2C)cc1. The highest BCUT2D eigenvalue weighted by Gasteiger charge is 2.24. The fraction of sp³-hybridized carbons (Fsp3) is 0.235. The fourth-order valence-corrected chi connectivity index (χ4v) is 2.23. The van der Waals surface area contributed by atoms with Crippen molar-refractivity contribution in [3.8, 4) is 6.07 Å². The lowest BCUT2D eigenvalue weighted by molar-refractivity contribution is -0.123. The summed E-state index contributed by atoms with van der Waals surface area (Å²) in [7, 11) is 0. The molecule has 0 atom stereocenters. The summed E-state index contributed by atoms with van der Waals surface area (Å²) in [4.78, 5) is 24.8. The van der Waals surface area contributed by atoms with E-state index >= 15 is 0 Å². The van der Waals surface area contributed by atoms with Crippen molar-refractivity contribution in [1.82, 2.24) is 4.90 Å². The lowest BCUT2D eigenvalue weighted by Gasteiger charge is -2.10. The fourth-order valence-electron chi connectivity index (χ4n) is 2.23. The lowest BCUT2D eigenvalue weighted by Crippen LogP contribution is -2.22. The Balaban J connectivity index is 2.16. The lowest BCUT2D eigenvalue weighted by atomic mass is 10.1. The van der Waals surface area contributed by atoms with Crippen LogP contribution < -0.4 is 5.32 Å². The molecule has 0 radical (unpaired) electrons. The molecule has 0 saturated carbocycles. The second kappa shape index (κ2) is 6.72. The van der Waals surface area contributed by atoms with Crippen molar-refractivity contribution in [3.63, 3.8) is 0 Å². The van der Waals surface area contributed by atoms with Gasteiger partial charge >= 0.3 is 0 Å². The highest BCUT2D eigenvalue weighted by atomic mass is 16.2. The molecule has 1 aliphatic rings. The first-order chi connectivity index (χ1) is 10.5. The molecule has 0 fully saturated rings. The average molecular weight is 295 g/mol. The van der Waals surface area contributed by atoms with E-state index in [2.05, 4.69) is 5.32 Å². The third-order valence-electron chi connectivity index (χ3n) is 3.27. The number of nitrogens with one attached hydrogen (secondary N) is 1. The molecule has 5 heteroatoms. The zero-order chi connectivity index (χ0) is 16.1. The molecule has 112 valence electrons. The molecule has 0 unspecified atom stereocenters. The zero-order valence-corrected chi connectivity index (χ0v) is 12.6. The number of carbonyl (C=O) groups excluding carboxylic acids is 2. The van der Waals surface area contributed by atoms with E-state index in [1.54, 1.807) is 23.2 Å². The summed E-state index contributed by atoms with van der Waals surface area (Å²) in [5, 5.41) is 11.3. The van der Waals surface area contributed by atoms with Crippen LogP contribution in [-0.4, -0.2) is 23.3 Å². The van der Waals surface area contributed by atoms with Gasteiger partial charge in [0.25, 0.3) is 5.91 Å². The maximum Gasteiger partial charge on any atom is 0.258 e. The molecular weight excluding hydrogens is 278 g/mol. The number of hydrogen-bond donors (Lipinski definition) is 1. The van der Waals surface area contributed by atoms with Crippen LogP contribution >= 0.6 is 0 Å². The number of amides is 2. The molecule has 0 bridgehead atoms. The molecule has 1 aromatic carbocycles. The summed E-state index contributed by atoms with van der Waals surface area (Å²) in [5.41, 5.74) is 3.11. The Labute approximate surface area is 129 Å². The first kappa shape index (κ1) is 15.5. The summed E-state index contributed by atoms with van der Waals surface area (Å²) in [6.45, 7) is 3.74. The van der Waals surface area contributed by atoms with Crippen LogP contribution in [0.3, 0.4) is 0 Å². The van der Waals surface area contributed by atoms with Crippen molar-refractivity contribution in [2.45, 2.75) is 20.3 Å². The predicted molar refractivity (Wildman–Crippen MR) is 84.4 cm³/mol. The van der Waals surface area contributed by atoms with E-state index in [-0.39, 0.29) is 11.8 Å². The minimum atomic E-state index is -0.121. The zero-order valence-electron chi connectivity index (χ0n) is 12.6. The van der Waals surface area contributed by atoms with E-state index in [9.17, 15) is 9.59 Å². The Morgan fingerprint density at radius 1 is 1.36 bits per heavy atom. The molecule has 5 nitrogen and oxygen atoms in total. The van der Waals surface area contributed by atoms with Gasteiger partial charge in [0, 0.05) is 30.9 Å². The molecule has 0 aromatic heterocycles. The van der Waals surface area contributed by atoms with Crippen molar-refractivity contribution in [2.75, 3.05) is 11.9 Å².